The number of benzene rings is 1. The average Bonchev–Trinajstić information content (AvgIpc) is 3.01. The van der Waals surface area contributed by atoms with E-state index in [1.54, 1.807) is 0 Å². The Hall–Kier alpha value is -2.41. The zero-order chi connectivity index (χ0) is 14.1. The van der Waals surface area contributed by atoms with Gasteiger partial charge in [0, 0.05) is 0 Å². The number of hydrogen-bond donors (Lipinski definition) is 3. The van der Waals surface area contributed by atoms with Gasteiger partial charge in [0.1, 0.15) is 0 Å². The highest BCUT2D eigenvalue weighted by Crippen LogP contribution is 2.42. The van der Waals surface area contributed by atoms with Gasteiger partial charge in [0.05, 0.1) is 6.04 Å². The third-order valence-electron chi connectivity index (χ3n) is 3.59. The first-order chi connectivity index (χ1) is 9.70. The summed E-state index contributed by atoms with van der Waals surface area (Å²) < 4.78 is 4.53. The number of rotatable bonds is 2. The predicted octanol–water partition coefficient (Wildman–Crippen LogP) is 1.63. The van der Waals surface area contributed by atoms with Gasteiger partial charge in [0.25, 0.3) is 0 Å². The molecule has 2 aromatic rings. The molecule has 7 heteroatoms. The molecule has 1 aliphatic rings. The van der Waals surface area contributed by atoms with Gasteiger partial charge in [0.15, 0.2) is 17.3 Å². The minimum atomic E-state index is -0.0491. The number of nitrogens with two attached hydrogens (primary N) is 1. The topological polar surface area (TPSA) is 110 Å². The largest absolute Gasteiger partial charge is 0.379 e. The van der Waals surface area contributed by atoms with Crippen LogP contribution in [0.4, 0.5) is 5.82 Å². The number of amidine groups is 1. The fourth-order valence-electron chi connectivity index (χ4n) is 2.63. The Morgan fingerprint density at radius 3 is 2.80 bits per heavy atom. The van der Waals surface area contributed by atoms with Crippen molar-refractivity contribution in [1.82, 2.24) is 15.8 Å². The normalized spacial score (nSPS) is 21.8. The molecule has 0 radical (unpaired) electrons. The molecule has 7 nitrogen and oxygen atoms in total. The van der Waals surface area contributed by atoms with Crippen molar-refractivity contribution in [3.63, 3.8) is 0 Å². The molecule has 20 heavy (non-hydrogen) atoms. The summed E-state index contributed by atoms with van der Waals surface area (Å²) in [6.45, 7) is 2.16. The molecule has 0 saturated heterocycles. The van der Waals surface area contributed by atoms with Gasteiger partial charge in [0.2, 0.25) is 0 Å². The zero-order valence-corrected chi connectivity index (χ0v) is 10.9. The lowest BCUT2D eigenvalue weighted by molar-refractivity contribution is 0.232. The number of nitrogens with zero attached hydrogens (tertiary/aromatic N) is 3. The number of fused-ring (bicyclic) bond motifs is 1. The smallest absolute Gasteiger partial charge is 0.199 e. The average molecular weight is 273 g/mol. The van der Waals surface area contributed by atoms with Crippen LogP contribution in [0.5, 0.6) is 0 Å². The second-order valence-electron chi connectivity index (χ2n) is 4.87. The van der Waals surface area contributed by atoms with E-state index in [1.165, 1.54) is 5.56 Å². The Morgan fingerprint density at radius 1 is 1.40 bits per heavy atom. The van der Waals surface area contributed by atoms with Crippen molar-refractivity contribution in [1.29, 1.82) is 0 Å². The number of nitrogens with one attached hydrogen (secondary N) is 1. The Morgan fingerprint density at radius 2 is 2.15 bits per heavy atom. The summed E-state index contributed by atoms with van der Waals surface area (Å²) >= 11 is 0. The first-order valence-electron chi connectivity index (χ1n) is 6.35. The van der Waals surface area contributed by atoms with Crippen LogP contribution in [0.15, 0.2) is 33.9 Å². The Kier molecular flexibility index (Phi) is 3.11. The predicted molar refractivity (Wildman–Crippen MR) is 72.4 cm³/mol. The van der Waals surface area contributed by atoms with Crippen molar-refractivity contribution in [2.75, 3.05) is 5.73 Å². The molecule has 1 heterocycles. The molecule has 1 aromatic heterocycles. The molecule has 0 amide bonds. The van der Waals surface area contributed by atoms with Crippen molar-refractivity contribution in [3.05, 3.63) is 41.1 Å². The highest BCUT2D eigenvalue weighted by molar-refractivity contribution is 5.99. The molecule has 0 spiro atoms. The highest BCUT2D eigenvalue weighted by Gasteiger charge is 2.28. The minimum absolute atomic E-state index is 0.0491. The van der Waals surface area contributed by atoms with Crippen LogP contribution in [0.25, 0.3) is 0 Å². The van der Waals surface area contributed by atoms with E-state index in [0.29, 0.717) is 5.92 Å². The van der Waals surface area contributed by atoms with Crippen LogP contribution in [0.1, 0.15) is 42.1 Å². The second kappa shape index (κ2) is 4.93. The molecule has 0 saturated carbocycles. The number of nitrogen functional groups attached to an aromatic ring is 1. The lowest BCUT2D eigenvalue weighted by Crippen LogP contribution is -2.23. The molecule has 0 bridgehead atoms. The molecule has 1 aromatic carbocycles. The van der Waals surface area contributed by atoms with Crippen LogP contribution in [0.3, 0.4) is 0 Å². The van der Waals surface area contributed by atoms with E-state index in [0.717, 1.165) is 12.0 Å². The van der Waals surface area contributed by atoms with Crippen molar-refractivity contribution < 1.29 is 9.84 Å². The van der Waals surface area contributed by atoms with E-state index in [4.69, 9.17) is 5.73 Å². The quantitative estimate of drug-likeness (QED) is 0.436. The Balaban J connectivity index is 1.98. The lowest BCUT2D eigenvalue weighted by atomic mass is 10.0. The van der Waals surface area contributed by atoms with Crippen LogP contribution in [-0.4, -0.2) is 21.4 Å². The maximum atomic E-state index is 9.25. The third-order valence-corrected chi connectivity index (χ3v) is 3.59. The molecular formula is C13H15N5O2. The summed E-state index contributed by atoms with van der Waals surface area (Å²) in [5, 5.41) is 16.4. The molecule has 4 N–H and O–H groups in total. The van der Waals surface area contributed by atoms with Crippen molar-refractivity contribution in [2.45, 2.75) is 25.3 Å². The monoisotopic (exact) mass is 273 g/mol. The number of anilines is 1. The van der Waals surface area contributed by atoms with Gasteiger partial charge < -0.3 is 5.73 Å². The van der Waals surface area contributed by atoms with Crippen molar-refractivity contribution in [3.8, 4) is 0 Å². The van der Waals surface area contributed by atoms with E-state index < -0.39 is 0 Å². The van der Waals surface area contributed by atoms with Crippen LogP contribution in [-0.2, 0) is 0 Å². The molecule has 0 fully saturated rings. The first-order valence-corrected chi connectivity index (χ1v) is 6.35. The lowest BCUT2D eigenvalue weighted by Gasteiger charge is -2.08. The van der Waals surface area contributed by atoms with Gasteiger partial charge in [-0.1, -0.05) is 31.2 Å². The Bertz CT molecular complexity index is 652. The van der Waals surface area contributed by atoms with Gasteiger partial charge in [-0.3, -0.25) is 15.7 Å². The van der Waals surface area contributed by atoms with E-state index in [-0.39, 0.29) is 23.4 Å². The Labute approximate surface area is 115 Å². The highest BCUT2D eigenvalue weighted by atomic mass is 16.6. The molecule has 2 atom stereocenters. The summed E-state index contributed by atoms with van der Waals surface area (Å²) in [5.74, 6) is 0.676. The van der Waals surface area contributed by atoms with Gasteiger partial charge in [-0.05, 0) is 33.8 Å². The summed E-state index contributed by atoms with van der Waals surface area (Å²) in [7, 11) is 0. The summed E-state index contributed by atoms with van der Waals surface area (Å²) in [6.07, 6.45) is 0.871. The van der Waals surface area contributed by atoms with E-state index >= 15 is 0 Å². The summed E-state index contributed by atoms with van der Waals surface area (Å²) in [4.78, 5) is 4.50. The second-order valence-corrected chi connectivity index (χ2v) is 4.87. The third kappa shape index (κ3) is 2.01. The van der Waals surface area contributed by atoms with Crippen LogP contribution < -0.4 is 11.2 Å². The number of aliphatic imine (C=N–C) groups is 1. The standard InChI is InChI=1S/C13H15N5O2/c1-7-6-10(9-5-3-2-4-8(7)9)15-13(16-19)11-12(14)18-20-17-11/h2-5,7,10,19H,6H2,1H3,(H2,14,18)(H,15,16)/t7-,10-/m0/s1. The van der Waals surface area contributed by atoms with E-state index in [1.807, 2.05) is 23.7 Å². The van der Waals surface area contributed by atoms with Gasteiger partial charge in [-0.25, -0.2) is 4.63 Å². The first kappa shape index (κ1) is 12.6. The summed E-state index contributed by atoms with van der Waals surface area (Å²) in [6, 6.07) is 8.11. The molecule has 0 aliphatic heterocycles. The number of hydrogen-bond acceptors (Lipinski definition) is 6. The summed E-state index contributed by atoms with van der Waals surface area (Å²) in [5.41, 5.74) is 10.3. The van der Waals surface area contributed by atoms with Gasteiger partial charge in [-0.15, -0.1) is 0 Å². The van der Waals surface area contributed by atoms with E-state index in [9.17, 15) is 5.21 Å². The zero-order valence-electron chi connectivity index (χ0n) is 10.9. The van der Waals surface area contributed by atoms with Gasteiger partial charge >= 0.3 is 0 Å². The maximum absolute atomic E-state index is 9.25. The van der Waals surface area contributed by atoms with E-state index in [2.05, 4.69) is 32.9 Å². The molecule has 104 valence electrons. The fourth-order valence-corrected chi connectivity index (χ4v) is 2.63. The minimum Gasteiger partial charge on any atom is -0.379 e. The maximum Gasteiger partial charge on any atom is 0.199 e. The number of hydroxylamine groups is 1. The SMILES string of the molecule is C[C@H]1C[C@H](N=C(NO)c2nonc2N)c2ccccc21. The van der Waals surface area contributed by atoms with Crippen LogP contribution in [0, 0.1) is 0 Å². The van der Waals surface area contributed by atoms with Crippen molar-refractivity contribution in [2.24, 2.45) is 4.99 Å². The molecule has 0 unspecified atom stereocenters. The number of aromatic nitrogens is 2. The van der Waals surface area contributed by atoms with Crippen LogP contribution in [0.2, 0.25) is 0 Å². The molecular weight excluding hydrogens is 258 g/mol. The molecule has 3 rings (SSSR count). The van der Waals surface area contributed by atoms with Gasteiger partial charge in [-0.2, -0.15) is 0 Å². The van der Waals surface area contributed by atoms with Crippen LogP contribution >= 0.6 is 0 Å². The molecule has 1 aliphatic carbocycles. The van der Waals surface area contributed by atoms with Crippen molar-refractivity contribution >= 4 is 11.7 Å². The fraction of sp³-hybridized carbons (Fsp3) is 0.308.